The van der Waals surface area contributed by atoms with Crippen molar-refractivity contribution in [1.82, 2.24) is 9.97 Å². The van der Waals surface area contributed by atoms with Crippen molar-refractivity contribution in [3.8, 4) is 11.5 Å². The van der Waals surface area contributed by atoms with Crippen molar-refractivity contribution in [1.29, 1.82) is 0 Å². The lowest BCUT2D eigenvalue weighted by Crippen LogP contribution is -2.14. The SMILES string of the molecule is COc1ccc(OC)c(NC(=O)c2cnc(Nc3ccc(C)c(C)c3)nc2)c1. The van der Waals surface area contributed by atoms with Crippen LogP contribution in [0, 0.1) is 13.8 Å². The van der Waals surface area contributed by atoms with Gasteiger partial charge in [-0.15, -0.1) is 0 Å². The Morgan fingerprint density at radius 1 is 0.929 bits per heavy atom. The number of hydrogen-bond donors (Lipinski definition) is 2. The molecule has 0 aliphatic carbocycles. The van der Waals surface area contributed by atoms with Gasteiger partial charge in [0.15, 0.2) is 0 Å². The molecule has 7 heteroatoms. The van der Waals surface area contributed by atoms with Gasteiger partial charge in [0.25, 0.3) is 5.91 Å². The minimum Gasteiger partial charge on any atom is -0.497 e. The Labute approximate surface area is 163 Å². The molecule has 0 bridgehead atoms. The van der Waals surface area contributed by atoms with Gasteiger partial charge in [0.05, 0.1) is 25.5 Å². The molecule has 28 heavy (non-hydrogen) atoms. The maximum absolute atomic E-state index is 12.5. The number of ether oxygens (including phenoxy) is 2. The number of carbonyl (C=O) groups is 1. The summed E-state index contributed by atoms with van der Waals surface area (Å²) >= 11 is 0. The minimum absolute atomic E-state index is 0.329. The maximum Gasteiger partial charge on any atom is 0.258 e. The molecule has 3 rings (SSSR count). The number of hydrogen-bond acceptors (Lipinski definition) is 6. The van der Waals surface area contributed by atoms with Gasteiger partial charge >= 0.3 is 0 Å². The van der Waals surface area contributed by atoms with Crippen LogP contribution in [0.25, 0.3) is 0 Å². The molecule has 3 aromatic rings. The van der Waals surface area contributed by atoms with Gasteiger partial charge < -0.3 is 20.1 Å². The van der Waals surface area contributed by atoms with Crippen LogP contribution in [-0.4, -0.2) is 30.1 Å². The minimum atomic E-state index is -0.343. The molecule has 0 spiro atoms. The van der Waals surface area contributed by atoms with E-state index in [0.29, 0.717) is 28.7 Å². The van der Waals surface area contributed by atoms with E-state index in [4.69, 9.17) is 9.47 Å². The number of nitrogens with one attached hydrogen (secondary N) is 2. The first kappa shape index (κ1) is 19.2. The Morgan fingerprint density at radius 3 is 2.32 bits per heavy atom. The monoisotopic (exact) mass is 378 g/mol. The molecule has 0 unspecified atom stereocenters. The van der Waals surface area contributed by atoms with Gasteiger partial charge in [0, 0.05) is 24.1 Å². The Hall–Kier alpha value is -3.61. The normalized spacial score (nSPS) is 10.3. The number of rotatable bonds is 6. The highest BCUT2D eigenvalue weighted by Gasteiger charge is 2.12. The third-order valence-corrected chi connectivity index (χ3v) is 4.33. The summed E-state index contributed by atoms with van der Waals surface area (Å²) in [5.41, 5.74) is 4.11. The number of methoxy groups -OCH3 is 2. The van der Waals surface area contributed by atoms with Crippen LogP contribution in [0.15, 0.2) is 48.8 Å². The van der Waals surface area contributed by atoms with Gasteiger partial charge in [-0.3, -0.25) is 4.79 Å². The highest BCUT2D eigenvalue weighted by atomic mass is 16.5. The van der Waals surface area contributed by atoms with Crippen molar-refractivity contribution in [2.75, 3.05) is 24.9 Å². The first-order valence-electron chi connectivity index (χ1n) is 8.70. The molecule has 1 aromatic heterocycles. The molecule has 144 valence electrons. The van der Waals surface area contributed by atoms with Crippen molar-refractivity contribution < 1.29 is 14.3 Å². The van der Waals surface area contributed by atoms with Crippen molar-refractivity contribution in [2.45, 2.75) is 13.8 Å². The zero-order chi connectivity index (χ0) is 20.1. The zero-order valence-corrected chi connectivity index (χ0v) is 16.2. The summed E-state index contributed by atoms with van der Waals surface area (Å²) in [5.74, 6) is 1.21. The molecular weight excluding hydrogens is 356 g/mol. The van der Waals surface area contributed by atoms with E-state index in [-0.39, 0.29) is 5.91 Å². The highest BCUT2D eigenvalue weighted by molar-refractivity contribution is 6.04. The Kier molecular flexibility index (Phi) is 5.74. The number of nitrogens with zero attached hydrogens (tertiary/aromatic N) is 2. The summed E-state index contributed by atoms with van der Waals surface area (Å²) < 4.78 is 10.5. The van der Waals surface area contributed by atoms with Crippen LogP contribution in [0.3, 0.4) is 0 Å². The average molecular weight is 378 g/mol. The second kappa shape index (κ2) is 8.39. The molecule has 0 aliphatic heterocycles. The number of aromatic nitrogens is 2. The number of amides is 1. The smallest absolute Gasteiger partial charge is 0.258 e. The van der Waals surface area contributed by atoms with Crippen LogP contribution in [-0.2, 0) is 0 Å². The van der Waals surface area contributed by atoms with E-state index in [1.165, 1.54) is 30.6 Å². The van der Waals surface area contributed by atoms with Crippen LogP contribution in [0.5, 0.6) is 11.5 Å². The van der Waals surface area contributed by atoms with E-state index in [9.17, 15) is 4.79 Å². The number of aryl methyl sites for hydroxylation is 2. The third kappa shape index (κ3) is 4.37. The molecule has 2 aromatic carbocycles. The zero-order valence-electron chi connectivity index (χ0n) is 16.2. The maximum atomic E-state index is 12.5. The second-order valence-corrected chi connectivity index (χ2v) is 6.24. The highest BCUT2D eigenvalue weighted by Crippen LogP contribution is 2.29. The predicted molar refractivity (Wildman–Crippen MR) is 109 cm³/mol. The second-order valence-electron chi connectivity index (χ2n) is 6.24. The first-order valence-corrected chi connectivity index (χ1v) is 8.70. The molecule has 0 radical (unpaired) electrons. The van der Waals surface area contributed by atoms with Crippen LogP contribution < -0.4 is 20.1 Å². The van der Waals surface area contributed by atoms with Crippen LogP contribution in [0.2, 0.25) is 0 Å². The molecule has 0 saturated carbocycles. The molecule has 1 heterocycles. The van der Waals surface area contributed by atoms with Gasteiger partial charge in [-0.2, -0.15) is 0 Å². The third-order valence-electron chi connectivity index (χ3n) is 4.33. The van der Waals surface area contributed by atoms with E-state index in [2.05, 4.69) is 27.5 Å². The summed E-state index contributed by atoms with van der Waals surface area (Å²) in [6.45, 7) is 4.10. The number of carbonyl (C=O) groups excluding carboxylic acids is 1. The quantitative estimate of drug-likeness (QED) is 0.671. The van der Waals surface area contributed by atoms with Crippen LogP contribution >= 0.6 is 0 Å². The fourth-order valence-electron chi connectivity index (χ4n) is 2.56. The molecule has 7 nitrogen and oxygen atoms in total. The fourth-order valence-corrected chi connectivity index (χ4v) is 2.56. The van der Waals surface area contributed by atoms with Crippen molar-refractivity contribution in [3.05, 3.63) is 65.5 Å². The van der Waals surface area contributed by atoms with Gasteiger partial charge in [-0.25, -0.2) is 9.97 Å². The summed E-state index contributed by atoms with van der Waals surface area (Å²) in [4.78, 5) is 21.0. The lowest BCUT2D eigenvalue weighted by atomic mass is 10.1. The van der Waals surface area contributed by atoms with E-state index in [0.717, 1.165) is 5.69 Å². The van der Waals surface area contributed by atoms with Crippen molar-refractivity contribution >= 4 is 23.2 Å². The topological polar surface area (TPSA) is 85.4 Å². The Morgan fingerprint density at radius 2 is 1.68 bits per heavy atom. The van der Waals surface area contributed by atoms with Crippen LogP contribution in [0.1, 0.15) is 21.5 Å². The van der Waals surface area contributed by atoms with Gasteiger partial charge in [0.2, 0.25) is 5.95 Å². The van der Waals surface area contributed by atoms with Gasteiger partial charge in [0.1, 0.15) is 11.5 Å². The Balaban J connectivity index is 1.72. The van der Waals surface area contributed by atoms with Gasteiger partial charge in [-0.1, -0.05) is 6.07 Å². The lowest BCUT2D eigenvalue weighted by molar-refractivity contribution is 0.102. The Bertz CT molecular complexity index is 987. The summed E-state index contributed by atoms with van der Waals surface area (Å²) in [7, 11) is 3.09. The number of anilines is 3. The molecule has 2 N–H and O–H groups in total. The van der Waals surface area contributed by atoms with Crippen molar-refractivity contribution in [3.63, 3.8) is 0 Å². The molecular formula is C21H22N4O3. The van der Waals surface area contributed by atoms with Crippen LogP contribution in [0.4, 0.5) is 17.3 Å². The first-order chi connectivity index (χ1) is 13.5. The van der Waals surface area contributed by atoms with E-state index in [1.54, 1.807) is 25.3 Å². The fraction of sp³-hybridized carbons (Fsp3) is 0.190. The summed E-state index contributed by atoms with van der Waals surface area (Å²) in [6.07, 6.45) is 2.94. The molecule has 1 amide bonds. The van der Waals surface area contributed by atoms with E-state index in [1.807, 2.05) is 25.1 Å². The lowest BCUT2D eigenvalue weighted by Gasteiger charge is -2.12. The summed E-state index contributed by atoms with van der Waals surface area (Å²) in [6, 6.07) is 11.2. The van der Waals surface area contributed by atoms with Gasteiger partial charge in [-0.05, 0) is 49.2 Å². The standard InChI is InChI=1S/C21H22N4O3/c1-13-5-6-16(9-14(13)2)24-21-22-11-15(12-23-21)20(26)25-18-10-17(27-3)7-8-19(18)28-4/h5-12H,1-4H3,(H,25,26)(H,22,23,24). The molecule has 0 atom stereocenters. The molecule has 0 saturated heterocycles. The van der Waals surface area contributed by atoms with E-state index >= 15 is 0 Å². The molecule has 0 fully saturated rings. The van der Waals surface area contributed by atoms with Crippen molar-refractivity contribution in [2.24, 2.45) is 0 Å². The largest absolute Gasteiger partial charge is 0.497 e. The summed E-state index contributed by atoms with van der Waals surface area (Å²) in [5, 5.41) is 5.92. The van der Waals surface area contributed by atoms with E-state index < -0.39 is 0 Å². The molecule has 0 aliphatic rings. The predicted octanol–water partition coefficient (Wildman–Crippen LogP) is 4.11. The number of benzene rings is 2. The average Bonchev–Trinajstić information content (AvgIpc) is 2.71.